The van der Waals surface area contributed by atoms with Gasteiger partial charge in [0.25, 0.3) is 0 Å². The fraction of sp³-hybridized carbons (Fsp3) is 0.400. The third kappa shape index (κ3) is 3.53. The number of hydrogen-bond acceptors (Lipinski definition) is 1. The second kappa shape index (κ2) is 6.11. The molecule has 2 rings (SSSR count). The van der Waals surface area contributed by atoms with Crippen molar-refractivity contribution in [3.8, 4) is 12.3 Å². The van der Waals surface area contributed by atoms with Crippen LogP contribution in [-0.4, -0.2) is 12.1 Å². The summed E-state index contributed by atoms with van der Waals surface area (Å²) in [6, 6.07) is 7.47. The lowest BCUT2D eigenvalue weighted by Crippen LogP contribution is -2.39. The third-order valence-corrected chi connectivity index (χ3v) is 3.23. The number of hydrogen-bond donors (Lipinski definition) is 2. The largest absolute Gasteiger partial charge is 0.335 e. The molecular weight excluding hydrogens is 224 g/mol. The molecule has 0 spiro atoms. The summed E-state index contributed by atoms with van der Waals surface area (Å²) in [4.78, 5) is 11.8. The Kier molecular flexibility index (Phi) is 4.25. The van der Waals surface area contributed by atoms with Crippen LogP contribution in [0.3, 0.4) is 0 Å². The van der Waals surface area contributed by atoms with Gasteiger partial charge in [-0.3, -0.25) is 0 Å². The Labute approximate surface area is 108 Å². The van der Waals surface area contributed by atoms with E-state index in [1.807, 2.05) is 18.2 Å². The number of amides is 2. The molecular formula is C15H18N2O. The lowest BCUT2D eigenvalue weighted by Gasteiger charge is -2.22. The Morgan fingerprint density at radius 3 is 2.78 bits per heavy atom. The van der Waals surface area contributed by atoms with Gasteiger partial charge in [-0.15, -0.1) is 6.42 Å². The molecule has 1 aliphatic rings. The van der Waals surface area contributed by atoms with E-state index in [0.29, 0.717) is 6.04 Å². The molecule has 0 bridgehead atoms. The molecule has 0 unspecified atom stereocenters. The average Bonchev–Trinajstić information content (AvgIpc) is 2.40. The van der Waals surface area contributed by atoms with Crippen molar-refractivity contribution in [1.82, 2.24) is 5.32 Å². The van der Waals surface area contributed by atoms with E-state index in [9.17, 15) is 4.79 Å². The van der Waals surface area contributed by atoms with Crippen LogP contribution in [0.15, 0.2) is 24.3 Å². The van der Waals surface area contributed by atoms with Crippen molar-refractivity contribution in [2.45, 2.75) is 38.1 Å². The Bertz CT molecular complexity index is 456. The number of urea groups is 1. The molecule has 0 heterocycles. The number of rotatable bonds is 2. The van der Waals surface area contributed by atoms with Gasteiger partial charge in [0.15, 0.2) is 0 Å². The maximum Gasteiger partial charge on any atom is 0.319 e. The van der Waals surface area contributed by atoms with Crippen LogP contribution in [-0.2, 0) is 0 Å². The van der Waals surface area contributed by atoms with Gasteiger partial charge in [-0.05, 0) is 31.0 Å². The first-order chi connectivity index (χ1) is 8.78. The normalized spacial score (nSPS) is 15.7. The quantitative estimate of drug-likeness (QED) is 0.769. The van der Waals surface area contributed by atoms with Crippen LogP contribution >= 0.6 is 0 Å². The van der Waals surface area contributed by atoms with Crippen LogP contribution in [0.4, 0.5) is 10.5 Å². The van der Waals surface area contributed by atoms with Gasteiger partial charge < -0.3 is 10.6 Å². The van der Waals surface area contributed by atoms with E-state index in [1.54, 1.807) is 6.07 Å². The summed E-state index contributed by atoms with van der Waals surface area (Å²) in [6.07, 6.45) is 11.2. The van der Waals surface area contributed by atoms with E-state index in [0.717, 1.165) is 24.1 Å². The molecule has 18 heavy (non-hydrogen) atoms. The number of benzene rings is 1. The molecule has 0 atom stereocenters. The predicted octanol–water partition coefficient (Wildman–Crippen LogP) is 3.12. The Hall–Kier alpha value is -1.95. The van der Waals surface area contributed by atoms with Crippen molar-refractivity contribution in [3.05, 3.63) is 29.8 Å². The van der Waals surface area contributed by atoms with E-state index in [-0.39, 0.29) is 6.03 Å². The number of carbonyl (C=O) groups is 1. The monoisotopic (exact) mass is 242 g/mol. The first kappa shape index (κ1) is 12.5. The van der Waals surface area contributed by atoms with Gasteiger partial charge in [0.2, 0.25) is 0 Å². The SMILES string of the molecule is C#Cc1cccc(NC(=O)NC2CCCCC2)c1. The molecule has 1 fully saturated rings. The summed E-state index contributed by atoms with van der Waals surface area (Å²) >= 11 is 0. The lowest BCUT2D eigenvalue weighted by molar-refractivity contribution is 0.244. The van der Waals surface area contributed by atoms with E-state index in [2.05, 4.69) is 16.6 Å². The zero-order chi connectivity index (χ0) is 12.8. The molecule has 3 nitrogen and oxygen atoms in total. The van der Waals surface area contributed by atoms with Crippen molar-refractivity contribution in [3.63, 3.8) is 0 Å². The average molecular weight is 242 g/mol. The first-order valence-electron chi connectivity index (χ1n) is 6.42. The summed E-state index contributed by atoms with van der Waals surface area (Å²) < 4.78 is 0. The van der Waals surface area contributed by atoms with Gasteiger partial charge in [-0.1, -0.05) is 31.2 Å². The molecule has 94 valence electrons. The van der Waals surface area contributed by atoms with Crippen molar-refractivity contribution < 1.29 is 4.79 Å². The predicted molar refractivity (Wildman–Crippen MR) is 73.4 cm³/mol. The number of terminal acetylenes is 1. The first-order valence-corrected chi connectivity index (χ1v) is 6.42. The van der Waals surface area contributed by atoms with Crippen LogP contribution in [0, 0.1) is 12.3 Å². The summed E-state index contributed by atoms with van der Waals surface area (Å²) in [5, 5.41) is 5.82. The van der Waals surface area contributed by atoms with E-state index in [1.165, 1.54) is 19.3 Å². The van der Waals surface area contributed by atoms with Gasteiger partial charge in [-0.25, -0.2) is 4.79 Å². The van der Waals surface area contributed by atoms with Crippen molar-refractivity contribution in [2.24, 2.45) is 0 Å². The minimum Gasteiger partial charge on any atom is -0.335 e. The number of carbonyl (C=O) groups excluding carboxylic acids is 1. The molecule has 0 radical (unpaired) electrons. The fourth-order valence-electron chi connectivity index (χ4n) is 2.29. The molecule has 2 amide bonds. The zero-order valence-electron chi connectivity index (χ0n) is 10.4. The van der Waals surface area contributed by atoms with Crippen LogP contribution < -0.4 is 10.6 Å². The maximum absolute atomic E-state index is 11.8. The minimum atomic E-state index is -0.143. The second-order valence-electron chi connectivity index (χ2n) is 4.66. The van der Waals surface area contributed by atoms with E-state index in [4.69, 9.17) is 6.42 Å². The Morgan fingerprint density at radius 2 is 2.06 bits per heavy atom. The summed E-state index contributed by atoms with van der Waals surface area (Å²) in [7, 11) is 0. The highest BCUT2D eigenvalue weighted by Gasteiger charge is 2.15. The molecule has 1 aliphatic carbocycles. The van der Waals surface area contributed by atoms with E-state index < -0.39 is 0 Å². The molecule has 0 aromatic heterocycles. The molecule has 3 heteroatoms. The van der Waals surface area contributed by atoms with Crippen LogP contribution in [0.5, 0.6) is 0 Å². The van der Waals surface area contributed by atoms with Gasteiger partial charge in [-0.2, -0.15) is 0 Å². The highest BCUT2D eigenvalue weighted by Crippen LogP contribution is 2.17. The zero-order valence-corrected chi connectivity index (χ0v) is 10.4. The summed E-state index contributed by atoms with van der Waals surface area (Å²) in [6.45, 7) is 0. The van der Waals surface area contributed by atoms with Gasteiger partial charge >= 0.3 is 6.03 Å². The molecule has 1 saturated carbocycles. The van der Waals surface area contributed by atoms with Gasteiger partial charge in [0.1, 0.15) is 0 Å². The number of anilines is 1. The van der Waals surface area contributed by atoms with Gasteiger partial charge in [0, 0.05) is 17.3 Å². The van der Waals surface area contributed by atoms with Gasteiger partial charge in [0.05, 0.1) is 0 Å². The van der Waals surface area contributed by atoms with Crippen LogP contribution in [0.25, 0.3) is 0 Å². The fourth-order valence-corrected chi connectivity index (χ4v) is 2.29. The molecule has 1 aromatic rings. The summed E-state index contributed by atoms with van der Waals surface area (Å²) in [5.74, 6) is 2.55. The highest BCUT2D eigenvalue weighted by molar-refractivity contribution is 5.89. The molecule has 1 aromatic carbocycles. The lowest BCUT2D eigenvalue weighted by atomic mass is 9.96. The minimum absolute atomic E-state index is 0.143. The molecule has 2 N–H and O–H groups in total. The van der Waals surface area contributed by atoms with Crippen molar-refractivity contribution in [2.75, 3.05) is 5.32 Å². The molecule has 0 saturated heterocycles. The van der Waals surface area contributed by atoms with Crippen LogP contribution in [0.1, 0.15) is 37.7 Å². The highest BCUT2D eigenvalue weighted by atomic mass is 16.2. The van der Waals surface area contributed by atoms with Crippen molar-refractivity contribution in [1.29, 1.82) is 0 Å². The topological polar surface area (TPSA) is 41.1 Å². The second-order valence-corrected chi connectivity index (χ2v) is 4.66. The Morgan fingerprint density at radius 1 is 1.28 bits per heavy atom. The third-order valence-electron chi connectivity index (χ3n) is 3.23. The standard InChI is InChI=1S/C15H18N2O/c1-2-12-7-6-10-14(11-12)17-15(18)16-13-8-4-3-5-9-13/h1,6-7,10-11,13H,3-5,8-9H2,(H2,16,17,18). The Balaban J connectivity index is 1.88. The van der Waals surface area contributed by atoms with Crippen LogP contribution in [0.2, 0.25) is 0 Å². The van der Waals surface area contributed by atoms with E-state index >= 15 is 0 Å². The summed E-state index contributed by atoms with van der Waals surface area (Å²) in [5.41, 5.74) is 1.50. The number of nitrogens with one attached hydrogen (secondary N) is 2. The maximum atomic E-state index is 11.8. The smallest absolute Gasteiger partial charge is 0.319 e. The van der Waals surface area contributed by atoms with Crippen molar-refractivity contribution >= 4 is 11.7 Å². The molecule has 0 aliphatic heterocycles.